The molecule has 4 nitrogen and oxygen atoms in total. The van der Waals surface area contributed by atoms with E-state index in [0.29, 0.717) is 12.5 Å². The third kappa shape index (κ3) is 8.25. The zero-order valence-corrected chi connectivity index (χ0v) is 14.7. The fraction of sp³-hybridized carbons (Fsp3) is 0.667. The lowest BCUT2D eigenvalue weighted by atomic mass is 10.1. The predicted molar refractivity (Wildman–Crippen MR) is 95.5 cm³/mol. The Kier molecular flexibility index (Phi) is 8.94. The van der Waals surface area contributed by atoms with E-state index in [1.54, 1.807) is 0 Å². The lowest BCUT2D eigenvalue weighted by molar-refractivity contribution is 0.272. The highest BCUT2D eigenvalue weighted by Gasteiger charge is 2.03. The largest absolute Gasteiger partial charge is 0.491 e. The van der Waals surface area contributed by atoms with Crippen LogP contribution in [0.1, 0.15) is 32.3 Å². The number of aryl methyl sites for hydroxylation is 1. The van der Waals surface area contributed by atoms with Gasteiger partial charge in [0.2, 0.25) is 0 Å². The topological polar surface area (TPSA) is 50.5 Å². The number of nitrogens with two attached hydrogens (primary N) is 1. The first kappa shape index (κ1) is 18.8. The monoisotopic (exact) mass is 307 g/mol. The average Bonchev–Trinajstić information content (AvgIpc) is 2.44. The van der Waals surface area contributed by atoms with Crippen molar-refractivity contribution in [3.63, 3.8) is 0 Å². The zero-order chi connectivity index (χ0) is 16.4. The van der Waals surface area contributed by atoms with Crippen LogP contribution >= 0.6 is 0 Å². The summed E-state index contributed by atoms with van der Waals surface area (Å²) in [6, 6.07) is 6.16. The minimum atomic E-state index is 0.512. The second kappa shape index (κ2) is 10.5. The second-order valence-electron chi connectivity index (χ2n) is 6.59. The van der Waals surface area contributed by atoms with E-state index in [2.05, 4.69) is 44.2 Å². The van der Waals surface area contributed by atoms with Crippen LogP contribution in [0.2, 0.25) is 0 Å². The summed E-state index contributed by atoms with van der Waals surface area (Å²) in [5, 5.41) is 3.49. The number of nitrogens with zero attached hydrogens (tertiary/aromatic N) is 1. The number of rotatable bonds is 11. The number of hydrogen-bond acceptors (Lipinski definition) is 4. The van der Waals surface area contributed by atoms with Crippen molar-refractivity contribution < 1.29 is 4.74 Å². The fourth-order valence-corrected chi connectivity index (χ4v) is 2.20. The maximum absolute atomic E-state index is 6.06. The third-order valence-electron chi connectivity index (χ3n) is 3.42. The third-order valence-corrected chi connectivity index (χ3v) is 3.42. The highest BCUT2D eigenvalue weighted by Crippen LogP contribution is 2.23. The van der Waals surface area contributed by atoms with E-state index in [1.807, 2.05) is 12.1 Å². The molecule has 3 N–H and O–H groups in total. The van der Waals surface area contributed by atoms with Gasteiger partial charge in [0.1, 0.15) is 5.75 Å². The molecule has 1 rings (SSSR count). The van der Waals surface area contributed by atoms with E-state index in [4.69, 9.17) is 10.5 Å². The molecule has 0 amide bonds. The Hall–Kier alpha value is -1.26. The molecule has 1 aromatic carbocycles. The molecule has 0 aromatic heterocycles. The number of nitrogens with one attached hydrogen (secondary N) is 1. The zero-order valence-electron chi connectivity index (χ0n) is 14.7. The van der Waals surface area contributed by atoms with E-state index in [-0.39, 0.29) is 0 Å². The average molecular weight is 307 g/mol. The van der Waals surface area contributed by atoms with E-state index in [1.165, 1.54) is 12.0 Å². The summed E-state index contributed by atoms with van der Waals surface area (Å²) in [6.45, 7) is 8.26. The van der Waals surface area contributed by atoms with Gasteiger partial charge in [-0.1, -0.05) is 19.9 Å². The van der Waals surface area contributed by atoms with Crippen LogP contribution in [0.3, 0.4) is 0 Å². The van der Waals surface area contributed by atoms with Gasteiger partial charge < -0.3 is 20.7 Å². The number of nitrogen functional groups attached to an aromatic ring is 1. The molecule has 22 heavy (non-hydrogen) atoms. The molecule has 0 aliphatic heterocycles. The van der Waals surface area contributed by atoms with Crippen LogP contribution in [-0.4, -0.2) is 45.2 Å². The van der Waals surface area contributed by atoms with Crippen molar-refractivity contribution in [3.05, 3.63) is 23.8 Å². The Balaban J connectivity index is 2.22. The van der Waals surface area contributed by atoms with Gasteiger partial charge in [0, 0.05) is 0 Å². The maximum Gasteiger partial charge on any atom is 0.142 e. The van der Waals surface area contributed by atoms with Gasteiger partial charge in [-0.3, -0.25) is 0 Å². The molecule has 0 fully saturated rings. The molecule has 0 saturated heterocycles. The van der Waals surface area contributed by atoms with Crippen molar-refractivity contribution >= 4 is 5.69 Å². The molecule has 1 aromatic rings. The molecule has 0 atom stereocenters. The van der Waals surface area contributed by atoms with Gasteiger partial charge in [0.15, 0.2) is 0 Å². The maximum atomic E-state index is 6.06. The van der Waals surface area contributed by atoms with E-state index >= 15 is 0 Å². The van der Waals surface area contributed by atoms with Gasteiger partial charge in [0.25, 0.3) is 0 Å². The van der Waals surface area contributed by atoms with Gasteiger partial charge in [0.05, 0.1) is 12.3 Å². The van der Waals surface area contributed by atoms with Crippen LogP contribution in [0.4, 0.5) is 5.69 Å². The second-order valence-corrected chi connectivity index (χ2v) is 6.59. The highest BCUT2D eigenvalue weighted by atomic mass is 16.5. The predicted octanol–water partition coefficient (Wildman–Crippen LogP) is 2.78. The quantitative estimate of drug-likeness (QED) is 0.487. The van der Waals surface area contributed by atoms with E-state index < -0.39 is 0 Å². The van der Waals surface area contributed by atoms with Crippen molar-refractivity contribution in [2.45, 2.75) is 33.1 Å². The molecule has 4 heteroatoms. The molecule has 0 heterocycles. The Bertz CT molecular complexity index is 419. The van der Waals surface area contributed by atoms with Crippen LogP contribution in [0.15, 0.2) is 18.2 Å². The first-order valence-electron chi connectivity index (χ1n) is 8.35. The Morgan fingerprint density at radius 2 is 1.91 bits per heavy atom. The SMILES string of the molecule is CC(C)COc1ccc(CCCNCCCN(C)C)cc1N. The highest BCUT2D eigenvalue weighted by molar-refractivity contribution is 5.54. The van der Waals surface area contributed by atoms with Crippen LogP contribution in [-0.2, 0) is 6.42 Å². The number of hydrogen-bond donors (Lipinski definition) is 2. The van der Waals surface area contributed by atoms with Gasteiger partial charge in [-0.05, 0) is 76.6 Å². The van der Waals surface area contributed by atoms with Crippen molar-refractivity contribution in [2.24, 2.45) is 5.92 Å². The van der Waals surface area contributed by atoms with Crippen molar-refractivity contribution in [1.82, 2.24) is 10.2 Å². The van der Waals surface area contributed by atoms with E-state index in [9.17, 15) is 0 Å². The minimum absolute atomic E-state index is 0.512. The Morgan fingerprint density at radius 1 is 1.18 bits per heavy atom. The van der Waals surface area contributed by atoms with Gasteiger partial charge in [-0.15, -0.1) is 0 Å². The first-order chi connectivity index (χ1) is 10.5. The first-order valence-corrected chi connectivity index (χ1v) is 8.35. The minimum Gasteiger partial charge on any atom is -0.491 e. The van der Waals surface area contributed by atoms with Crippen LogP contribution in [0.25, 0.3) is 0 Å². The van der Waals surface area contributed by atoms with Crippen molar-refractivity contribution in [2.75, 3.05) is 46.1 Å². The lowest BCUT2D eigenvalue weighted by Crippen LogP contribution is -2.22. The molecule has 0 spiro atoms. The normalized spacial score (nSPS) is 11.4. The fourth-order valence-electron chi connectivity index (χ4n) is 2.20. The number of benzene rings is 1. The summed E-state index contributed by atoms with van der Waals surface area (Å²) < 4.78 is 5.70. The molecule has 0 aliphatic rings. The smallest absolute Gasteiger partial charge is 0.142 e. The molecule has 0 unspecified atom stereocenters. The summed E-state index contributed by atoms with van der Waals surface area (Å²) >= 11 is 0. The molecule has 126 valence electrons. The Morgan fingerprint density at radius 3 is 2.55 bits per heavy atom. The molecule has 0 bridgehead atoms. The van der Waals surface area contributed by atoms with Gasteiger partial charge >= 0.3 is 0 Å². The van der Waals surface area contributed by atoms with Crippen LogP contribution in [0.5, 0.6) is 5.75 Å². The van der Waals surface area contributed by atoms with Crippen LogP contribution < -0.4 is 15.8 Å². The number of ether oxygens (including phenoxy) is 1. The van der Waals surface area contributed by atoms with E-state index in [0.717, 1.165) is 43.9 Å². The summed E-state index contributed by atoms with van der Waals surface area (Å²) in [5.41, 5.74) is 8.09. The molecule has 0 aliphatic carbocycles. The summed E-state index contributed by atoms with van der Waals surface area (Å²) in [6.07, 6.45) is 3.38. The van der Waals surface area contributed by atoms with Gasteiger partial charge in [-0.25, -0.2) is 0 Å². The summed E-state index contributed by atoms with van der Waals surface area (Å²) in [7, 11) is 4.22. The summed E-state index contributed by atoms with van der Waals surface area (Å²) in [5.74, 6) is 1.32. The standard InChI is InChI=1S/C18H33N3O/c1-15(2)14-22-18-9-8-16(13-17(18)19)7-5-10-20-11-6-12-21(3)4/h8-9,13,15,20H,5-7,10-12,14,19H2,1-4H3. The summed E-state index contributed by atoms with van der Waals surface area (Å²) in [4.78, 5) is 2.22. The van der Waals surface area contributed by atoms with Crippen molar-refractivity contribution in [3.8, 4) is 5.75 Å². The molecule has 0 saturated carbocycles. The molecular weight excluding hydrogens is 274 g/mol. The Labute approximate surface area is 136 Å². The molecule has 0 radical (unpaired) electrons. The van der Waals surface area contributed by atoms with Gasteiger partial charge in [-0.2, -0.15) is 0 Å². The van der Waals surface area contributed by atoms with Crippen LogP contribution in [0, 0.1) is 5.92 Å². The number of anilines is 1. The van der Waals surface area contributed by atoms with Crippen molar-refractivity contribution in [1.29, 1.82) is 0 Å². The lowest BCUT2D eigenvalue weighted by Gasteiger charge is -2.12. The molecular formula is C18H33N3O.